The van der Waals surface area contributed by atoms with Crippen molar-refractivity contribution in [2.75, 3.05) is 13.2 Å². The molecule has 3 nitrogen and oxygen atoms in total. The van der Waals surface area contributed by atoms with Crippen molar-refractivity contribution in [3.63, 3.8) is 0 Å². The van der Waals surface area contributed by atoms with Crippen LogP contribution in [0.5, 0.6) is 11.5 Å². The standard InChI is InChI=1S/C21H22O3S/c1-3-5-12-24-17-11-10-15(13-18(17)23-4-2)14-20-21(22)16-8-6-7-9-19(16)25-20/h6-11,13-14H,3-5,12H2,1-2H3/b20-14+. The first kappa shape index (κ1) is 17.6. The summed E-state index contributed by atoms with van der Waals surface area (Å²) >= 11 is 1.52. The zero-order valence-electron chi connectivity index (χ0n) is 14.6. The molecule has 0 atom stereocenters. The Morgan fingerprint density at radius 2 is 1.88 bits per heavy atom. The van der Waals surface area contributed by atoms with E-state index in [1.54, 1.807) is 0 Å². The quantitative estimate of drug-likeness (QED) is 0.479. The molecular formula is C21H22O3S. The van der Waals surface area contributed by atoms with Crippen LogP contribution in [-0.4, -0.2) is 19.0 Å². The summed E-state index contributed by atoms with van der Waals surface area (Å²) in [6.45, 7) is 5.34. The van der Waals surface area contributed by atoms with Gasteiger partial charge in [-0.3, -0.25) is 4.79 Å². The van der Waals surface area contributed by atoms with E-state index in [9.17, 15) is 4.79 Å². The molecule has 0 unspecified atom stereocenters. The van der Waals surface area contributed by atoms with Crippen molar-refractivity contribution in [3.05, 3.63) is 58.5 Å². The van der Waals surface area contributed by atoms with Gasteiger partial charge in [0.2, 0.25) is 5.78 Å². The maximum atomic E-state index is 12.5. The summed E-state index contributed by atoms with van der Waals surface area (Å²) in [6.07, 6.45) is 4.03. The number of benzene rings is 2. The lowest BCUT2D eigenvalue weighted by Gasteiger charge is -2.12. The number of hydrogen-bond donors (Lipinski definition) is 0. The van der Waals surface area contributed by atoms with Crippen LogP contribution >= 0.6 is 11.8 Å². The van der Waals surface area contributed by atoms with E-state index in [-0.39, 0.29) is 5.78 Å². The Hall–Kier alpha value is -2.20. The van der Waals surface area contributed by atoms with Crippen LogP contribution in [0.15, 0.2) is 52.3 Å². The second kappa shape index (κ2) is 8.26. The molecule has 2 aromatic rings. The van der Waals surface area contributed by atoms with Crippen LogP contribution < -0.4 is 9.47 Å². The summed E-state index contributed by atoms with van der Waals surface area (Å²) in [5.41, 5.74) is 1.72. The number of rotatable bonds is 7. The fourth-order valence-corrected chi connectivity index (χ4v) is 3.67. The van der Waals surface area contributed by atoms with Crippen LogP contribution in [0, 0.1) is 0 Å². The highest BCUT2D eigenvalue weighted by Crippen LogP contribution is 2.41. The second-order valence-electron chi connectivity index (χ2n) is 5.78. The Morgan fingerprint density at radius 3 is 2.64 bits per heavy atom. The molecule has 1 heterocycles. The number of thioether (sulfide) groups is 1. The lowest BCUT2D eigenvalue weighted by Crippen LogP contribution is -2.01. The molecule has 0 spiro atoms. The van der Waals surface area contributed by atoms with Gasteiger partial charge in [0.05, 0.1) is 18.1 Å². The third-order valence-electron chi connectivity index (χ3n) is 3.90. The molecule has 1 aliphatic heterocycles. The van der Waals surface area contributed by atoms with E-state index in [0.717, 1.165) is 45.3 Å². The lowest BCUT2D eigenvalue weighted by atomic mass is 10.1. The van der Waals surface area contributed by atoms with Gasteiger partial charge in [0.15, 0.2) is 11.5 Å². The summed E-state index contributed by atoms with van der Waals surface area (Å²) in [7, 11) is 0. The van der Waals surface area contributed by atoms with Crippen molar-refractivity contribution in [1.29, 1.82) is 0 Å². The molecule has 0 radical (unpaired) electrons. The van der Waals surface area contributed by atoms with Gasteiger partial charge in [0.1, 0.15) is 0 Å². The zero-order chi connectivity index (χ0) is 17.6. The van der Waals surface area contributed by atoms with Gasteiger partial charge in [-0.15, -0.1) is 0 Å². The van der Waals surface area contributed by atoms with Gasteiger partial charge >= 0.3 is 0 Å². The van der Waals surface area contributed by atoms with Crippen molar-refractivity contribution in [2.24, 2.45) is 0 Å². The van der Waals surface area contributed by atoms with E-state index in [4.69, 9.17) is 9.47 Å². The highest BCUT2D eigenvalue weighted by atomic mass is 32.2. The van der Waals surface area contributed by atoms with Crippen LogP contribution in [0.4, 0.5) is 0 Å². The molecule has 3 rings (SSSR count). The predicted octanol–water partition coefficient (Wildman–Crippen LogP) is 5.59. The number of ketones is 1. The number of fused-ring (bicyclic) bond motifs is 1. The Bertz CT molecular complexity index is 795. The molecule has 0 aliphatic carbocycles. The van der Waals surface area contributed by atoms with E-state index >= 15 is 0 Å². The molecule has 0 saturated heterocycles. The van der Waals surface area contributed by atoms with Gasteiger partial charge in [-0.05, 0) is 49.2 Å². The van der Waals surface area contributed by atoms with E-state index in [1.165, 1.54) is 11.8 Å². The largest absolute Gasteiger partial charge is 0.490 e. The van der Waals surface area contributed by atoms with E-state index in [0.29, 0.717) is 13.2 Å². The van der Waals surface area contributed by atoms with Crippen LogP contribution in [0.3, 0.4) is 0 Å². The van der Waals surface area contributed by atoms with Crippen molar-refractivity contribution >= 4 is 23.6 Å². The average molecular weight is 354 g/mol. The van der Waals surface area contributed by atoms with E-state index in [2.05, 4.69) is 6.92 Å². The third-order valence-corrected chi connectivity index (χ3v) is 5.00. The van der Waals surface area contributed by atoms with E-state index < -0.39 is 0 Å². The third kappa shape index (κ3) is 4.07. The fourth-order valence-electron chi connectivity index (χ4n) is 2.62. The monoisotopic (exact) mass is 354 g/mol. The fraction of sp³-hybridized carbons (Fsp3) is 0.286. The topological polar surface area (TPSA) is 35.5 Å². The van der Waals surface area contributed by atoms with Crippen molar-refractivity contribution < 1.29 is 14.3 Å². The van der Waals surface area contributed by atoms with Gasteiger partial charge in [-0.2, -0.15) is 0 Å². The molecule has 4 heteroatoms. The van der Waals surface area contributed by atoms with Gasteiger partial charge in [0, 0.05) is 10.5 Å². The number of ether oxygens (including phenoxy) is 2. The number of Topliss-reactive ketones (excluding diaryl/α,β-unsaturated/α-hetero) is 1. The predicted molar refractivity (Wildman–Crippen MR) is 103 cm³/mol. The molecule has 0 saturated carbocycles. The van der Waals surface area contributed by atoms with Gasteiger partial charge in [-0.1, -0.05) is 43.3 Å². The first-order chi connectivity index (χ1) is 12.2. The van der Waals surface area contributed by atoms with Gasteiger partial charge < -0.3 is 9.47 Å². The van der Waals surface area contributed by atoms with Crippen molar-refractivity contribution in [2.45, 2.75) is 31.6 Å². The SMILES string of the molecule is CCCCOc1ccc(/C=C2/Sc3ccccc3C2=O)cc1OCC. The molecule has 0 amide bonds. The van der Waals surface area contributed by atoms with Crippen LogP contribution in [0.1, 0.15) is 42.6 Å². The maximum Gasteiger partial charge on any atom is 0.200 e. The summed E-state index contributed by atoms with van der Waals surface area (Å²) in [5, 5.41) is 0. The molecule has 0 bridgehead atoms. The minimum Gasteiger partial charge on any atom is -0.490 e. The zero-order valence-corrected chi connectivity index (χ0v) is 15.4. The Kier molecular flexibility index (Phi) is 5.82. The smallest absolute Gasteiger partial charge is 0.200 e. The summed E-state index contributed by atoms with van der Waals surface area (Å²) in [5.74, 6) is 1.56. The summed E-state index contributed by atoms with van der Waals surface area (Å²) in [4.78, 5) is 14.3. The van der Waals surface area contributed by atoms with E-state index in [1.807, 2.05) is 55.5 Å². The Labute approximate surface area is 153 Å². The summed E-state index contributed by atoms with van der Waals surface area (Å²) < 4.78 is 11.5. The number of carbonyl (C=O) groups excluding carboxylic acids is 1. The molecule has 130 valence electrons. The van der Waals surface area contributed by atoms with Crippen LogP contribution in [-0.2, 0) is 0 Å². The average Bonchev–Trinajstić information content (AvgIpc) is 2.93. The minimum absolute atomic E-state index is 0.0850. The number of allylic oxidation sites excluding steroid dienone is 1. The van der Waals surface area contributed by atoms with Crippen molar-refractivity contribution in [1.82, 2.24) is 0 Å². The molecule has 1 aliphatic rings. The Morgan fingerprint density at radius 1 is 1.04 bits per heavy atom. The molecular weight excluding hydrogens is 332 g/mol. The Balaban J connectivity index is 1.83. The minimum atomic E-state index is 0.0850. The normalized spacial score (nSPS) is 14.6. The van der Waals surface area contributed by atoms with Crippen LogP contribution in [0.2, 0.25) is 0 Å². The molecule has 25 heavy (non-hydrogen) atoms. The second-order valence-corrected chi connectivity index (χ2v) is 6.86. The maximum absolute atomic E-state index is 12.5. The van der Waals surface area contributed by atoms with Gasteiger partial charge in [0.25, 0.3) is 0 Å². The lowest BCUT2D eigenvalue weighted by molar-refractivity contribution is 0.104. The summed E-state index contributed by atoms with van der Waals surface area (Å²) in [6, 6.07) is 13.5. The number of unbranched alkanes of at least 4 members (excludes halogenated alkanes) is 1. The number of hydrogen-bond acceptors (Lipinski definition) is 4. The highest BCUT2D eigenvalue weighted by molar-refractivity contribution is 8.04. The number of carbonyl (C=O) groups is 1. The first-order valence-electron chi connectivity index (χ1n) is 8.65. The molecule has 0 aromatic heterocycles. The highest BCUT2D eigenvalue weighted by Gasteiger charge is 2.25. The first-order valence-corrected chi connectivity index (χ1v) is 9.47. The van der Waals surface area contributed by atoms with Gasteiger partial charge in [-0.25, -0.2) is 0 Å². The molecule has 0 fully saturated rings. The molecule has 0 N–H and O–H groups in total. The van der Waals surface area contributed by atoms with Crippen molar-refractivity contribution in [3.8, 4) is 11.5 Å². The van der Waals surface area contributed by atoms with Crippen LogP contribution in [0.25, 0.3) is 6.08 Å². The molecule has 2 aromatic carbocycles.